The molecule has 0 aliphatic heterocycles. The molecule has 150 valence electrons. The van der Waals surface area contributed by atoms with Gasteiger partial charge in [-0.15, -0.1) is 0 Å². The molecule has 4 heteroatoms. The number of allylic oxidation sites excluding steroid dienone is 4. The number of carbonyl (C=O) groups excluding carboxylic acids is 2. The molecule has 0 aromatic rings. The van der Waals surface area contributed by atoms with E-state index in [0.29, 0.717) is 12.0 Å². The summed E-state index contributed by atoms with van der Waals surface area (Å²) in [6, 6.07) is 0. The van der Waals surface area contributed by atoms with E-state index in [1.54, 1.807) is 13.0 Å². The highest BCUT2D eigenvalue weighted by Gasteiger charge is 2.52. The fourth-order valence-corrected chi connectivity index (χ4v) is 4.49. The summed E-state index contributed by atoms with van der Waals surface area (Å²) in [6.07, 6.45) is 10.5. The molecule has 0 spiro atoms. The monoisotopic (exact) mass is 374 g/mol. The minimum atomic E-state index is -0.650. The molecule has 0 heterocycles. The van der Waals surface area contributed by atoms with Crippen LogP contribution >= 0.6 is 0 Å². The van der Waals surface area contributed by atoms with Crippen molar-refractivity contribution in [2.75, 3.05) is 0 Å². The number of hydrogen-bond donors (Lipinski definition) is 0. The number of esters is 2. The van der Waals surface area contributed by atoms with Gasteiger partial charge in [0.15, 0.2) is 0 Å². The Morgan fingerprint density at radius 1 is 1.22 bits per heavy atom. The van der Waals surface area contributed by atoms with E-state index in [1.165, 1.54) is 18.1 Å². The largest absolute Gasteiger partial charge is 0.462 e. The maximum atomic E-state index is 12.5. The average Bonchev–Trinajstić information content (AvgIpc) is 2.88. The van der Waals surface area contributed by atoms with Crippen LogP contribution in [0.4, 0.5) is 0 Å². The van der Waals surface area contributed by atoms with Gasteiger partial charge in [-0.05, 0) is 66.2 Å². The molecular weight excluding hydrogens is 340 g/mol. The van der Waals surface area contributed by atoms with Crippen LogP contribution in [-0.4, -0.2) is 23.6 Å². The number of ether oxygens (including phenoxy) is 2. The van der Waals surface area contributed by atoms with Crippen molar-refractivity contribution < 1.29 is 19.1 Å². The first-order chi connectivity index (χ1) is 12.7. The number of hydrogen-bond acceptors (Lipinski definition) is 4. The topological polar surface area (TPSA) is 52.6 Å². The van der Waals surface area contributed by atoms with Crippen LogP contribution in [0.25, 0.3) is 0 Å². The molecule has 0 aromatic heterocycles. The minimum absolute atomic E-state index is 0.0496. The minimum Gasteiger partial charge on any atom is -0.462 e. The van der Waals surface area contributed by atoms with Crippen molar-refractivity contribution in [2.24, 2.45) is 11.8 Å². The molecule has 4 nitrogen and oxygen atoms in total. The fraction of sp³-hybridized carbons (Fsp3) is 0.652. The predicted octanol–water partition coefficient (Wildman–Crippen LogP) is 5.29. The van der Waals surface area contributed by atoms with Crippen molar-refractivity contribution in [3.8, 4) is 0 Å². The molecule has 0 bridgehead atoms. The summed E-state index contributed by atoms with van der Waals surface area (Å²) < 4.78 is 11.8. The molecule has 0 N–H and O–H groups in total. The number of fused-ring (bicyclic) bond motifs is 1. The number of carbonyl (C=O) groups is 2. The molecule has 0 aromatic carbocycles. The van der Waals surface area contributed by atoms with Crippen LogP contribution in [0.5, 0.6) is 0 Å². The molecular formula is C23H34O4. The van der Waals surface area contributed by atoms with Gasteiger partial charge in [-0.1, -0.05) is 29.4 Å². The second-order valence-corrected chi connectivity index (χ2v) is 8.36. The maximum Gasteiger partial charge on any atom is 0.333 e. The van der Waals surface area contributed by atoms with Crippen molar-refractivity contribution >= 4 is 11.9 Å². The molecule has 27 heavy (non-hydrogen) atoms. The van der Waals surface area contributed by atoms with Crippen LogP contribution in [0.1, 0.15) is 73.6 Å². The lowest BCUT2D eigenvalue weighted by Gasteiger charge is -2.38. The quantitative estimate of drug-likeness (QED) is 0.383. The average molecular weight is 375 g/mol. The van der Waals surface area contributed by atoms with Gasteiger partial charge in [-0.3, -0.25) is 4.79 Å². The Morgan fingerprint density at radius 3 is 2.56 bits per heavy atom. The van der Waals surface area contributed by atoms with E-state index in [4.69, 9.17) is 9.47 Å². The van der Waals surface area contributed by atoms with E-state index >= 15 is 0 Å². The van der Waals surface area contributed by atoms with Crippen molar-refractivity contribution in [1.82, 2.24) is 0 Å². The Hall–Kier alpha value is -1.84. The van der Waals surface area contributed by atoms with Crippen LogP contribution in [0.15, 0.2) is 34.9 Å². The van der Waals surface area contributed by atoms with Gasteiger partial charge >= 0.3 is 11.9 Å². The molecule has 4 atom stereocenters. The lowest BCUT2D eigenvalue weighted by atomic mass is 9.78. The Kier molecular flexibility index (Phi) is 7.07. The Labute approximate surface area is 163 Å². The standard InChI is InChI=1S/C23H34O4/c1-7-17(4)22(25)27-23(6)12-11-19-13-15(2)9-8-10-16(3)14-20(21(19)23)26-18(5)24/h7,10,13,19-21H,8-9,11-12,14H2,1-6H3/b15-13+,16-10+,17-7-/t19-,20-,21-,23+/m0/s1. The van der Waals surface area contributed by atoms with Crippen LogP contribution in [0, 0.1) is 11.8 Å². The van der Waals surface area contributed by atoms with Gasteiger partial charge in [0.2, 0.25) is 0 Å². The van der Waals surface area contributed by atoms with Gasteiger partial charge in [0.1, 0.15) is 11.7 Å². The molecule has 0 radical (unpaired) electrons. The maximum absolute atomic E-state index is 12.5. The highest BCUT2D eigenvalue weighted by atomic mass is 16.6. The predicted molar refractivity (Wildman–Crippen MR) is 107 cm³/mol. The Bertz CT molecular complexity index is 670. The van der Waals surface area contributed by atoms with Gasteiger partial charge in [0.25, 0.3) is 0 Å². The van der Waals surface area contributed by atoms with Crippen LogP contribution in [-0.2, 0) is 19.1 Å². The summed E-state index contributed by atoms with van der Waals surface area (Å²) in [5.74, 6) is -0.378. The van der Waals surface area contributed by atoms with Crippen molar-refractivity contribution in [3.05, 3.63) is 34.9 Å². The van der Waals surface area contributed by atoms with E-state index in [1.807, 2.05) is 13.8 Å². The normalized spacial score (nSPS) is 35.9. The summed E-state index contributed by atoms with van der Waals surface area (Å²) in [6.45, 7) is 11.3. The third kappa shape index (κ3) is 5.33. The van der Waals surface area contributed by atoms with E-state index in [-0.39, 0.29) is 29.9 Å². The lowest BCUT2D eigenvalue weighted by molar-refractivity contribution is -0.169. The highest BCUT2D eigenvalue weighted by molar-refractivity contribution is 5.88. The number of rotatable bonds is 3. The van der Waals surface area contributed by atoms with E-state index in [2.05, 4.69) is 26.0 Å². The van der Waals surface area contributed by atoms with Gasteiger partial charge in [0.05, 0.1) is 0 Å². The van der Waals surface area contributed by atoms with Gasteiger partial charge < -0.3 is 9.47 Å². The summed E-state index contributed by atoms with van der Waals surface area (Å²) >= 11 is 0. The molecule has 1 fully saturated rings. The van der Waals surface area contributed by atoms with Crippen molar-refractivity contribution in [3.63, 3.8) is 0 Å². The van der Waals surface area contributed by atoms with E-state index in [9.17, 15) is 9.59 Å². The summed E-state index contributed by atoms with van der Waals surface area (Å²) in [5, 5.41) is 0. The SMILES string of the molecule is C/C=C(/C)C(=O)O[C@]1(C)CC[C@H]2/C=C(\C)CC/C=C(\C)C[C@H](OC(C)=O)[C@H]21. The van der Waals surface area contributed by atoms with Crippen molar-refractivity contribution in [1.29, 1.82) is 0 Å². The highest BCUT2D eigenvalue weighted by Crippen LogP contribution is 2.48. The molecule has 2 aliphatic carbocycles. The molecule has 1 saturated carbocycles. The van der Waals surface area contributed by atoms with Crippen LogP contribution in [0.3, 0.4) is 0 Å². The van der Waals surface area contributed by atoms with Crippen LogP contribution in [0.2, 0.25) is 0 Å². The zero-order valence-corrected chi connectivity index (χ0v) is 17.6. The van der Waals surface area contributed by atoms with Gasteiger partial charge in [0, 0.05) is 24.8 Å². The van der Waals surface area contributed by atoms with Gasteiger partial charge in [-0.25, -0.2) is 4.79 Å². The summed E-state index contributed by atoms with van der Waals surface area (Å²) in [4.78, 5) is 24.4. The second kappa shape index (κ2) is 8.90. The molecule has 2 rings (SSSR count). The molecule has 0 unspecified atom stereocenters. The van der Waals surface area contributed by atoms with Gasteiger partial charge in [-0.2, -0.15) is 0 Å². The Balaban J connectivity index is 2.44. The van der Waals surface area contributed by atoms with Crippen molar-refractivity contribution in [2.45, 2.75) is 85.4 Å². The third-order valence-corrected chi connectivity index (χ3v) is 5.99. The zero-order valence-electron chi connectivity index (χ0n) is 17.6. The van der Waals surface area contributed by atoms with E-state index < -0.39 is 5.60 Å². The summed E-state index contributed by atoms with van der Waals surface area (Å²) in [7, 11) is 0. The second-order valence-electron chi connectivity index (χ2n) is 8.36. The first-order valence-electron chi connectivity index (χ1n) is 10.0. The third-order valence-electron chi connectivity index (χ3n) is 5.99. The molecule has 0 saturated heterocycles. The lowest BCUT2D eigenvalue weighted by Crippen LogP contribution is -2.45. The van der Waals surface area contributed by atoms with E-state index in [0.717, 1.165) is 25.7 Å². The fourth-order valence-electron chi connectivity index (χ4n) is 4.49. The smallest absolute Gasteiger partial charge is 0.333 e. The Morgan fingerprint density at radius 2 is 1.93 bits per heavy atom. The zero-order chi connectivity index (χ0) is 20.2. The molecule has 2 aliphatic rings. The summed E-state index contributed by atoms with van der Waals surface area (Å²) in [5.41, 5.74) is 2.52. The van der Waals surface area contributed by atoms with Crippen LogP contribution < -0.4 is 0 Å². The molecule has 0 amide bonds. The first-order valence-corrected chi connectivity index (χ1v) is 10.0. The first kappa shape index (κ1) is 21.5.